The van der Waals surface area contributed by atoms with E-state index in [1.54, 1.807) is 28.9 Å². The number of hydrogen-bond donors (Lipinski definition) is 1. The topological polar surface area (TPSA) is 87.0 Å². The molecule has 1 amide bonds. The van der Waals surface area contributed by atoms with Gasteiger partial charge in [-0.15, -0.1) is 0 Å². The first kappa shape index (κ1) is 23.6. The fourth-order valence-electron chi connectivity index (χ4n) is 3.76. The molecule has 0 bridgehead atoms. The second-order valence-electron chi connectivity index (χ2n) is 7.84. The molecule has 2 aromatic carbocycles. The number of ether oxygens (including phenoxy) is 2. The summed E-state index contributed by atoms with van der Waals surface area (Å²) in [5, 5.41) is 11.9. The standard InChI is InChI=1S/C24H24ClFN4O4/c1-13-23(14(2)30(28-13)12-15-5-7-16(26)8-6-15)27-24(31)22-10-19(29-34-22)17-9-18(25)21(33-4)11-20(17)32-3/h5-9,11,22H,10,12H2,1-4H3,(H,27,31)/t22-/m1/s1. The van der Waals surface area contributed by atoms with Crippen molar-refractivity contribution in [1.29, 1.82) is 0 Å². The van der Waals surface area contributed by atoms with E-state index in [4.69, 9.17) is 25.9 Å². The summed E-state index contributed by atoms with van der Waals surface area (Å²) in [6, 6.07) is 9.56. The molecule has 0 fully saturated rings. The number of oxime groups is 1. The lowest BCUT2D eigenvalue weighted by Crippen LogP contribution is -2.28. The van der Waals surface area contributed by atoms with E-state index in [9.17, 15) is 9.18 Å². The molecule has 4 rings (SSSR count). The van der Waals surface area contributed by atoms with Crippen molar-refractivity contribution in [2.24, 2.45) is 5.16 Å². The Morgan fingerprint density at radius 1 is 1.21 bits per heavy atom. The molecule has 1 atom stereocenters. The smallest absolute Gasteiger partial charge is 0.268 e. The average Bonchev–Trinajstić information content (AvgIpc) is 3.41. The monoisotopic (exact) mass is 486 g/mol. The van der Waals surface area contributed by atoms with E-state index in [1.165, 1.54) is 26.4 Å². The summed E-state index contributed by atoms with van der Waals surface area (Å²) in [4.78, 5) is 18.4. The van der Waals surface area contributed by atoms with Crippen molar-refractivity contribution in [3.8, 4) is 11.5 Å². The molecule has 178 valence electrons. The number of carbonyl (C=O) groups excluding carboxylic acids is 1. The Labute approximate surface area is 201 Å². The molecule has 1 N–H and O–H groups in total. The van der Waals surface area contributed by atoms with Gasteiger partial charge in [0.1, 0.15) is 17.3 Å². The summed E-state index contributed by atoms with van der Waals surface area (Å²) in [5.41, 5.74) is 4.11. The van der Waals surface area contributed by atoms with Crippen LogP contribution in [0.5, 0.6) is 11.5 Å². The Hall–Kier alpha value is -3.59. The second kappa shape index (κ2) is 9.72. The number of rotatable bonds is 7. The highest BCUT2D eigenvalue weighted by Gasteiger charge is 2.32. The zero-order valence-electron chi connectivity index (χ0n) is 19.2. The SMILES string of the molecule is COc1cc(OC)c(C2=NO[C@@H](C(=O)Nc3c(C)nn(Cc4ccc(F)cc4)c3C)C2)cc1Cl. The third kappa shape index (κ3) is 4.70. The second-order valence-corrected chi connectivity index (χ2v) is 8.25. The highest BCUT2D eigenvalue weighted by molar-refractivity contribution is 6.32. The van der Waals surface area contributed by atoms with Gasteiger partial charge < -0.3 is 19.6 Å². The first-order chi connectivity index (χ1) is 16.3. The predicted molar refractivity (Wildman–Crippen MR) is 126 cm³/mol. The van der Waals surface area contributed by atoms with E-state index in [1.807, 2.05) is 13.8 Å². The van der Waals surface area contributed by atoms with Gasteiger partial charge in [0, 0.05) is 18.1 Å². The number of benzene rings is 2. The van der Waals surface area contributed by atoms with Gasteiger partial charge in [0.15, 0.2) is 0 Å². The van der Waals surface area contributed by atoms with Crippen LogP contribution in [0.2, 0.25) is 5.02 Å². The maximum absolute atomic E-state index is 13.2. The van der Waals surface area contributed by atoms with Gasteiger partial charge in [-0.3, -0.25) is 9.48 Å². The summed E-state index contributed by atoms with van der Waals surface area (Å²) >= 11 is 6.26. The Kier molecular flexibility index (Phi) is 6.74. The van der Waals surface area contributed by atoms with Crippen molar-refractivity contribution < 1.29 is 23.5 Å². The lowest BCUT2D eigenvalue weighted by atomic mass is 10.0. The minimum Gasteiger partial charge on any atom is -0.496 e. The minimum absolute atomic E-state index is 0.243. The van der Waals surface area contributed by atoms with E-state index >= 15 is 0 Å². The van der Waals surface area contributed by atoms with Gasteiger partial charge in [-0.2, -0.15) is 5.10 Å². The van der Waals surface area contributed by atoms with Gasteiger partial charge >= 0.3 is 0 Å². The van der Waals surface area contributed by atoms with Crippen LogP contribution in [0.4, 0.5) is 10.1 Å². The van der Waals surface area contributed by atoms with Crippen LogP contribution in [-0.2, 0) is 16.2 Å². The Morgan fingerprint density at radius 2 is 1.91 bits per heavy atom. The molecule has 1 aromatic heterocycles. The van der Waals surface area contributed by atoms with Crippen molar-refractivity contribution in [1.82, 2.24) is 9.78 Å². The number of nitrogens with zero attached hydrogens (tertiary/aromatic N) is 3. The van der Waals surface area contributed by atoms with Gasteiger partial charge in [-0.05, 0) is 37.6 Å². The van der Waals surface area contributed by atoms with Crippen molar-refractivity contribution in [3.63, 3.8) is 0 Å². The maximum Gasteiger partial charge on any atom is 0.268 e. The van der Waals surface area contributed by atoms with Crippen LogP contribution >= 0.6 is 11.6 Å². The highest BCUT2D eigenvalue weighted by Crippen LogP contribution is 2.35. The van der Waals surface area contributed by atoms with Gasteiger partial charge in [0.05, 0.1) is 48.6 Å². The quantitative estimate of drug-likeness (QED) is 0.531. The molecule has 3 aromatic rings. The number of carbonyl (C=O) groups is 1. The van der Waals surface area contributed by atoms with Crippen molar-refractivity contribution in [3.05, 3.63) is 69.8 Å². The highest BCUT2D eigenvalue weighted by atomic mass is 35.5. The van der Waals surface area contributed by atoms with Gasteiger partial charge in [-0.25, -0.2) is 4.39 Å². The minimum atomic E-state index is -0.820. The molecule has 0 saturated heterocycles. The Bertz CT molecular complexity index is 1260. The van der Waals surface area contributed by atoms with E-state index in [0.29, 0.717) is 45.7 Å². The predicted octanol–water partition coefficient (Wildman–Crippen LogP) is 4.49. The number of hydrogen-bond acceptors (Lipinski definition) is 6. The molecule has 0 aliphatic carbocycles. The lowest BCUT2D eigenvalue weighted by Gasteiger charge is -2.12. The normalized spacial score (nSPS) is 15.0. The Morgan fingerprint density at radius 3 is 2.59 bits per heavy atom. The summed E-state index contributed by atoms with van der Waals surface area (Å²) in [6.07, 6.45) is -0.577. The first-order valence-electron chi connectivity index (χ1n) is 10.5. The lowest BCUT2D eigenvalue weighted by molar-refractivity contribution is -0.125. The van der Waals surface area contributed by atoms with Crippen LogP contribution in [0.25, 0.3) is 0 Å². The van der Waals surface area contributed by atoms with Crippen LogP contribution in [0.1, 0.15) is 28.9 Å². The molecule has 2 heterocycles. The van der Waals surface area contributed by atoms with Gasteiger partial charge in [0.25, 0.3) is 5.91 Å². The first-order valence-corrected chi connectivity index (χ1v) is 10.9. The van der Waals surface area contributed by atoms with Crippen LogP contribution in [0, 0.1) is 19.7 Å². The van der Waals surface area contributed by atoms with E-state index < -0.39 is 6.10 Å². The molecule has 0 saturated carbocycles. The largest absolute Gasteiger partial charge is 0.496 e. The number of aryl methyl sites for hydroxylation is 1. The van der Waals surface area contributed by atoms with Crippen molar-refractivity contribution >= 4 is 28.9 Å². The molecular formula is C24H24ClFN4O4. The Balaban J connectivity index is 1.46. The molecule has 0 spiro atoms. The third-order valence-corrected chi connectivity index (χ3v) is 5.92. The number of aromatic nitrogens is 2. The van der Waals surface area contributed by atoms with Crippen LogP contribution in [0.15, 0.2) is 41.6 Å². The molecule has 0 radical (unpaired) electrons. The summed E-state index contributed by atoms with van der Waals surface area (Å²) in [5.74, 6) is 0.348. The number of halogens is 2. The molecule has 0 unspecified atom stereocenters. The van der Waals surface area contributed by atoms with Crippen molar-refractivity contribution in [2.75, 3.05) is 19.5 Å². The number of anilines is 1. The maximum atomic E-state index is 13.2. The molecule has 10 heteroatoms. The molecular weight excluding hydrogens is 463 g/mol. The molecule has 1 aliphatic rings. The summed E-state index contributed by atoms with van der Waals surface area (Å²) < 4.78 is 25.6. The van der Waals surface area contributed by atoms with E-state index in [0.717, 1.165) is 11.3 Å². The summed E-state index contributed by atoms with van der Waals surface area (Å²) in [6.45, 7) is 4.13. The average molecular weight is 487 g/mol. The number of nitrogens with one attached hydrogen (secondary N) is 1. The van der Waals surface area contributed by atoms with E-state index in [-0.39, 0.29) is 18.1 Å². The van der Waals surface area contributed by atoms with Gasteiger partial charge in [0.2, 0.25) is 6.10 Å². The number of methoxy groups -OCH3 is 2. The van der Waals surface area contributed by atoms with Crippen LogP contribution in [-0.4, -0.2) is 41.7 Å². The zero-order valence-corrected chi connectivity index (χ0v) is 19.9. The fraction of sp³-hybridized carbons (Fsp3) is 0.292. The molecule has 34 heavy (non-hydrogen) atoms. The number of amides is 1. The van der Waals surface area contributed by atoms with Gasteiger partial charge in [-0.1, -0.05) is 28.9 Å². The zero-order chi connectivity index (χ0) is 24.4. The van der Waals surface area contributed by atoms with Crippen LogP contribution in [0.3, 0.4) is 0 Å². The van der Waals surface area contributed by atoms with Crippen molar-refractivity contribution in [2.45, 2.75) is 32.9 Å². The molecule has 8 nitrogen and oxygen atoms in total. The third-order valence-electron chi connectivity index (χ3n) is 5.62. The van der Waals surface area contributed by atoms with E-state index in [2.05, 4.69) is 15.6 Å². The fourth-order valence-corrected chi connectivity index (χ4v) is 4.00. The van der Waals surface area contributed by atoms with Crippen LogP contribution < -0.4 is 14.8 Å². The summed E-state index contributed by atoms with van der Waals surface area (Å²) in [7, 11) is 3.05. The molecule has 1 aliphatic heterocycles.